The van der Waals surface area contributed by atoms with Crippen LogP contribution in [0.1, 0.15) is 59.8 Å². The maximum absolute atomic E-state index is 13.8. The van der Waals surface area contributed by atoms with E-state index in [2.05, 4.69) is 13.8 Å². The summed E-state index contributed by atoms with van der Waals surface area (Å²) < 4.78 is 41.8. The number of carbonyl (C=O) groups excluding carboxylic acids is 1. The summed E-state index contributed by atoms with van der Waals surface area (Å²) >= 11 is 0. The van der Waals surface area contributed by atoms with Gasteiger partial charge in [0, 0.05) is 38.2 Å². The van der Waals surface area contributed by atoms with Crippen molar-refractivity contribution in [3.63, 3.8) is 0 Å². The Kier molecular flexibility index (Phi) is 6.05. The second-order valence-electron chi connectivity index (χ2n) is 10.2. The van der Waals surface area contributed by atoms with Gasteiger partial charge in [0.05, 0.1) is 12.2 Å². The number of sulfone groups is 1. The lowest BCUT2D eigenvalue weighted by atomic mass is 9.45. The Bertz CT molecular complexity index is 750. The third-order valence-corrected chi connectivity index (χ3v) is 11.2. The smallest absolute Gasteiger partial charge is 0.160 e. The Morgan fingerprint density at radius 3 is 2.28 bits per heavy atom. The molecule has 2 unspecified atom stereocenters. The molecule has 0 radical (unpaired) electrons. The van der Waals surface area contributed by atoms with Crippen molar-refractivity contribution in [2.75, 3.05) is 27.3 Å². The first-order valence-corrected chi connectivity index (χ1v) is 12.7. The Morgan fingerprint density at radius 2 is 1.72 bits per heavy atom. The zero-order valence-electron chi connectivity index (χ0n) is 19.0. The molecule has 0 amide bonds. The standard InChI is InChI=1S/C22H38O6S/c1-14-8-10-22-11-9-16(27-6)18(22)21(14,4)17(28-13-26-5)12-20(3,29(7,24)25)19(23)15(22)2/h14-18H,8-13H2,1-7H3/t14-,15+,16-,17-,18?,20-,21+,22?/m1/s1. The van der Waals surface area contributed by atoms with Crippen molar-refractivity contribution in [3.8, 4) is 0 Å². The minimum absolute atomic E-state index is 0.0502. The van der Waals surface area contributed by atoms with Crippen LogP contribution in [0.3, 0.4) is 0 Å². The molecule has 0 aromatic rings. The predicted octanol–water partition coefficient (Wildman–Crippen LogP) is 3.24. The van der Waals surface area contributed by atoms with E-state index in [-0.39, 0.29) is 47.8 Å². The van der Waals surface area contributed by atoms with E-state index in [9.17, 15) is 13.2 Å². The number of carbonyl (C=O) groups is 1. The van der Waals surface area contributed by atoms with Crippen LogP contribution < -0.4 is 0 Å². The summed E-state index contributed by atoms with van der Waals surface area (Å²) in [6.45, 7) is 8.12. The summed E-state index contributed by atoms with van der Waals surface area (Å²) in [5.74, 6) is -0.0249. The number of hydrogen-bond acceptors (Lipinski definition) is 6. The van der Waals surface area contributed by atoms with Gasteiger partial charge in [0.2, 0.25) is 0 Å². The quantitative estimate of drug-likeness (QED) is 0.623. The van der Waals surface area contributed by atoms with Gasteiger partial charge in [0.1, 0.15) is 11.5 Å². The predicted molar refractivity (Wildman–Crippen MR) is 111 cm³/mol. The highest BCUT2D eigenvalue weighted by Gasteiger charge is 2.69. The van der Waals surface area contributed by atoms with E-state index in [1.165, 1.54) is 6.26 Å². The largest absolute Gasteiger partial charge is 0.381 e. The summed E-state index contributed by atoms with van der Waals surface area (Å²) in [5, 5.41) is 0. The molecule has 2 bridgehead atoms. The molecule has 29 heavy (non-hydrogen) atoms. The lowest BCUT2D eigenvalue weighted by Crippen LogP contribution is -2.65. The fraction of sp³-hybridized carbons (Fsp3) is 0.955. The van der Waals surface area contributed by atoms with Crippen LogP contribution in [-0.4, -0.2) is 58.4 Å². The molecule has 0 aromatic heterocycles. The van der Waals surface area contributed by atoms with Crippen LogP contribution in [0.4, 0.5) is 0 Å². The molecule has 0 N–H and O–H groups in total. The van der Waals surface area contributed by atoms with Gasteiger partial charge in [-0.25, -0.2) is 8.42 Å². The Hall–Kier alpha value is -0.500. The zero-order valence-corrected chi connectivity index (χ0v) is 19.8. The number of hydrogen-bond donors (Lipinski definition) is 0. The van der Waals surface area contributed by atoms with Crippen LogP contribution in [0.5, 0.6) is 0 Å². The van der Waals surface area contributed by atoms with Crippen LogP contribution in [0.15, 0.2) is 0 Å². The lowest BCUT2D eigenvalue weighted by Gasteiger charge is -2.61. The van der Waals surface area contributed by atoms with E-state index >= 15 is 0 Å². The van der Waals surface area contributed by atoms with Gasteiger partial charge in [0.15, 0.2) is 15.6 Å². The van der Waals surface area contributed by atoms with E-state index in [1.54, 1.807) is 21.1 Å². The molecule has 0 heterocycles. The summed E-state index contributed by atoms with van der Waals surface area (Å²) in [4.78, 5) is 13.8. The van der Waals surface area contributed by atoms with Gasteiger partial charge in [-0.3, -0.25) is 4.79 Å². The van der Waals surface area contributed by atoms with Crippen molar-refractivity contribution in [2.45, 2.75) is 76.8 Å². The lowest BCUT2D eigenvalue weighted by molar-refractivity contribution is -0.211. The molecular formula is C22H38O6S. The van der Waals surface area contributed by atoms with Crippen LogP contribution >= 0.6 is 0 Å². The fourth-order valence-electron chi connectivity index (χ4n) is 7.10. The summed E-state index contributed by atoms with van der Waals surface area (Å²) in [7, 11) is -0.313. The van der Waals surface area contributed by atoms with E-state index < -0.39 is 20.7 Å². The van der Waals surface area contributed by atoms with Gasteiger partial charge in [0.25, 0.3) is 0 Å². The van der Waals surface area contributed by atoms with Crippen molar-refractivity contribution in [2.24, 2.45) is 28.6 Å². The van der Waals surface area contributed by atoms with Gasteiger partial charge < -0.3 is 14.2 Å². The van der Waals surface area contributed by atoms with Crippen LogP contribution in [0, 0.1) is 28.6 Å². The number of Topliss-reactive ketones (excluding diaryl/α,β-unsaturated/α-hetero) is 1. The molecule has 3 fully saturated rings. The number of ether oxygens (including phenoxy) is 3. The van der Waals surface area contributed by atoms with Crippen molar-refractivity contribution in [3.05, 3.63) is 0 Å². The normalized spacial score (nSPS) is 48.1. The second-order valence-corrected chi connectivity index (χ2v) is 12.6. The molecule has 8 atom stereocenters. The van der Waals surface area contributed by atoms with Crippen LogP contribution in [0.25, 0.3) is 0 Å². The first-order chi connectivity index (χ1) is 13.4. The average Bonchev–Trinajstić information content (AvgIpc) is 3.06. The van der Waals surface area contributed by atoms with E-state index in [0.717, 1.165) is 25.7 Å². The highest BCUT2D eigenvalue weighted by Crippen LogP contribution is 2.68. The zero-order chi connectivity index (χ0) is 21.8. The third-order valence-electron chi connectivity index (χ3n) is 9.21. The molecule has 0 spiro atoms. The van der Waals surface area contributed by atoms with Crippen molar-refractivity contribution in [1.82, 2.24) is 0 Å². The SMILES string of the molecule is COCO[C@@H]1C[C@@](C)(S(C)(=O)=O)C(=O)[C@H](C)C23CC[C@@H](C)[C@]1(C)C2[C@H](OC)CC3. The maximum atomic E-state index is 13.8. The summed E-state index contributed by atoms with van der Waals surface area (Å²) in [5.41, 5.74) is -0.561. The highest BCUT2D eigenvalue weighted by molar-refractivity contribution is 7.92. The molecule has 6 nitrogen and oxygen atoms in total. The number of rotatable bonds is 5. The molecule has 3 rings (SSSR count). The molecule has 0 aromatic carbocycles. The molecule has 7 heteroatoms. The van der Waals surface area contributed by atoms with Gasteiger partial charge in [-0.1, -0.05) is 20.8 Å². The molecule has 168 valence electrons. The first-order valence-electron chi connectivity index (χ1n) is 10.8. The molecule has 3 saturated carbocycles. The number of ketones is 1. The van der Waals surface area contributed by atoms with Crippen LogP contribution in [-0.2, 0) is 28.8 Å². The van der Waals surface area contributed by atoms with Crippen molar-refractivity contribution < 1.29 is 27.4 Å². The van der Waals surface area contributed by atoms with Crippen molar-refractivity contribution in [1.29, 1.82) is 0 Å². The van der Waals surface area contributed by atoms with Gasteiger partial charge in [-0.05, 0) is 49.9 Å². The molecular weight excluding hydrogens is 392 g/mol. The van der Waals surface area contributed by atoms with E-state index in [1.807, 2.05) is 6.92 Å². The Morgan fingerprint density at radius 1 is 1.10 bits per heavy atom. The maximum Gasteiger partial charge on any atom is 0.160 e. The van der Waals surface area contributed by atoms with Gasteiger partial charge in [-0.2, -0.15) is 0 Å². The Labute approximate surface area is 176 Å². The van der Waals surface area contributed by atoms with Gasteiger partial charge >= 0.3 is 0 Å². The highest BCUT2D eigenvalue weighted by atomic mass is 32.2. The third kappa shape index (κ3) is 3.14. The van der Waals surface area contributed by atoms with Crippen LogP contribution in [0.2, 0.25) is 0 Å². The monoisotopic (exact) mass is 430 g/mol. The van der Waals surface area contributed by atoms with E-state index in [0.29, 0.717) is 5.92 Å². The van der Waals surface area contributed by atoms with Gasteiger partial charge in [-0.15, -0.1) is 0 Å². The molecule has 3 aliphatic rings. The second kappa shape index (κ2) is 7.57. The van der Waals surface area contributed by atoms with E-state index in [4.69, 9.17) is 14.2 Å². The molecule has 0 saturated heterocycles. The summed E-state index contributed by atoms with van der Waals surface area (Å²) in [6.07, 6.45) is 4.71. The fourth-order valence-corrected chi connectivity index (χ4v) is 8.09. The number of methoxy groups -OCH3 is 2. The first kappa shape index (κ1) is 23.2. The topological polar surface area (TPSA) is 78.9 Å². The minimum atomic E-state index is -3.63. The minimum Gasteiger partial charge on any atom is -0.381 e. The van der Waals surface area contributed by atoms with Crippen molar-refractivity contribution >= 4 is 15.6 Å². The Balaban J connectivity index is 2.26. The molecule has 3 aliphatic carbocycles. The molecule has 0 aliphatic heterocycles. The summed E-state index contributed by atoms with van der Waals surface area (Å²) in [6, 6.07) is 0. The average molecular weight is 431 g/mol.